The van der Waals surface area contributed by atoms with E-state index in [9.17, 15) is 0 Å². The lowest BCUT2D eigenvalue weighted by Crippen LogP contribution is -2.29. The molecule has 1 heterocycles. The van der Waals surface area contributed by atoms with Crippen LogP contribution >= 0.6 is 0 Å². The van der Waals surface area contributed by atoms with Crippen molar-refractivity contribution in [1.82, 2.24) is 0 Å². The second kappa shape index (κ2) is 5.32. The first kappa shape index (κ1) is 11.4. The number of benzene rings is 1. The fourth-order valence-electron chi connectivity index (χ4n) is 2.22. The topological polar surface area (TPSA) is 55.3 Å². The number of anilines is 1. The SMILES string of the molecule is NC[C@@H](N)c1ccc(N2CCCCC2)cc1. The van der Waals surface area contributed by atoms with Crippen LogP contribution in [0.1, 0.15) is 30.9 Å². The molecule has 0 radical (unpaired) electrons. The van der Waals surface area contributed by atoms with Gasteiger partial charge in [0.25, 0.3) is 0 Å². The zero-order valence-corrected chi connectivity index (χ0v) is 9.73. The van der Waals surface area contributed by atoms with Crippen LogP contribution in [-0.2, 0) is 0 Å². The van der Waals surface area contributed by atoms with Crippen LogP contribution in [-0.4, -0.2) is 19.6 Å². The summed E-state index contributed by atoms with van der Waals surface area (Å²) in [6.07, 6.45) is 3.99. The van der Waals surface area contributed by atoms with E-state index in [0.29, 0.717) is 6.54 Å². The molecule has 0 amide bonds. The van der Waals surface area contributed by atoms with E-state index in [2.05, 4.69) is 29.2 Å². The van der Waals surface area contributed by atoms with Crippen molar-refractivity contribution in [3.63, 3.8) is 0 Å². The number of rotatable bonds is 3. The minimum absolute atomic E-state index is 0.0320. The summed E-state index contributed by atoms with van der Waals surface area (Å²) in [7, 11) is 0. The van der Waals surface area contributed by atoms with Crippen LogP contribution in [0, 0.1) is 0 Å². The Kier molecular flexibility index (Phi) is 3.80. The van der Waals surface area contributed by atoms with Gasteiger partial charge in [-0.3, -0.25) is 0 Å². The zero-order valence-electron chi connectivity index (χ0n) is 9.73. The lowest BCUT2D eigenvalue weighted by atomic mass is 10.1. The maximum atomic E-state index is 5.88. The summed E-state index contributed by atoms with van der Waals surface area (Å²) in [5, 5.41) is 0. The summed E-state index contributed by atoms with van der Waals surface area (Å²) in [6.45, 7) is 2.87. The maximum absolute atomic E-state index is 5.88. The molecule has 1 aromatic rings. The van der Waals surface area contributed by atoms with Crippen LogP contribution in [0.4, 0.5) is 5.69 Å². The molecule has 2 rings (SSSR count). The van der Waals surface area contributed by atoms with Crippen molar-refractivity contribution in [3.05, 3.63) is 29.8 Å². The molecule has 16 heavy (non-hydrogen) atoms. The van der Waals surface area contributed by atoms with Gasteiger partial charge >= 0.3 is 0 Å². The monoisotopic (exact) mass is 219 g/mol. The summed E-state index contributed by atoms with van der Waals surface area (Å²) in [6, 6.07) is 8.49. The van der Waals surface area contributed by atoms with Crippen molar-refractivity contribution in [1.29, 1.82) is 0 Å². The Morgan fingerprint density at radius 1 is 1.06 bits per heavy atom. The third-order valence-corrected chi connectivity index (χ3v) is 3.30. The Hall–Kier alpha value is -1.06. The third kappa shape index (κ3) is 2.54. The van der Waals surface area contributed by atoms with Crippen LogP contribution in [0.15, 0.2) is 24.3 Å². The summed E-state index contributed by atoms with van der Waals surface area (Å²) < 4.78 is 0. The Morgan fingerprint density at radius 2 is 1.69 bits per heavy atom. The summed E-state index contributed by atoms with van der Waals surface area (Å²) in [5.41, 5.74) is 13.9. The average Bonchev–Trinajstić information content (AvgIpc) is 2.39. The molecule has 3 heteroatoms. The number of nitrogens with zero attached hydrogens (tertiary/aromatic N) is 1. The van der Waals surface area contributed by atoms with Crippen molar-refractivity contribution in [2.75, 3.05) is 24.5 Å². The van der Waals surface area contributed by atoms with Gasteiger partial charge in [0.15, 0.2) is 0 Å². The molecule has 0 unspecified atom stereocenters. The van der Waals surface area contributed by atoms with E-state index in [0.717, 1.165) is 5.56 Å². The molecule has 1 aromatic carbocycles. The molecule has 88 valence electrons. The highest BCUT2D eigenvalue weighted by Crippen LogP contribution is 2.21. The van der Waals surface area contributed by atoms with Crippen LogP contribution in [0.5, 0.6) is 0 Å². The summed E-state index contributed by atoms with van der Waals surface area (Å²) in [4.78, 5) is 2.45. The van der Waals surface area contributed by atoms with Gasteiger partial charge in [-0.1, -0.05) is 12.1 Å². The third-order valence-electron chi connectivity index (χ3n) is 3.30. The minimum atomic E-state index is -0.0320. The largest absolute Gasteiger partial charge is 0.372 e. The van der Waals surface area contributed by atoms with Crippen molar-refractivity contribution in [2.45, 2.75) is 25.3 Å². The number of nitrogens with two attached hydrogens (primary N) is 2. The van der Waals surface area contributed by atoms with Crippen molar-refractivity contribution >= 4 is 5.69 Å². The van der Waals surface area contributed by atoms with Gasteiger partial charge in [0.1, 0.15) is 0 Å². The van der Waals surface area contributed by atoms with E-state index < -0.39 is 0 Å². The molecule has 1 aliphatic heterocycles. The quantitative estimate of drug-likeness (QED) is 0.812. The van der Waals surface area contributed by atoms with E-state index in [-0.39, 0.29) is 6.04 Å². The van der Waals surface area contributed by atoms with E-state index in [1.54, 1.807) is 0 Å². The van der Waals surface area contributed by atoms with Gasteiger partial charge in [-0.05, 0) is 37.0 Å². The molecule has 3 nitrogen and oxygen atoms in total. The van der Waals surface area contributed by atoms with Crippen LogP contribution in [0.25, 0.3) is 0 Å². The highest BCUT2D eigenvalue weighted by Gasteiger charge is 2.11. The molecule has 0 spiro atoms. The first-order valence-corrected chi connectivity index (χ1v) is 6.12. The van der Waals surface area contributed by atoms with E-state index >= 15 is 0 Å². The standard InChI is InChI=1S/C13H21N3/c14-10-13(15)11-4-6-12(7-5-11)16-8-2-1-3-9-16/h4-7,13H,1-3,8-10,14-15H2/t13-/m1/s1. The van der Waals surface area contributed by atoms with E-state index in [1.165, 1.54) is 38.0 Å². The molecular weight excluding hydrogens is 198 g/mol. The molecule has 4 N–H and O–H groups in total. The Balaban J connectivity index is 2.06. The highest BCUT2D eigenvalue weighted by molar-refractivity contribution is 5.48. The second-order valence-electron chi connectivity index (χ2n) is 4.48. The van der Waals surface area contributed by atoms with Crippen LogP contribution in [0.3, 0.4) is 0 Å². The van der Waals surface area contributed by atoms with Crippen molar-refractivity contribution in [2.24, 2.45) is 11.5 Å². The molecule has 0 bridgehead atoms. The summed E-state index contributed by atoms with van der Waals surface area (Å²) >= 11 is 0. The predicted octanol–water partition coefficient (Wildman–Crippen LogP) is 1.64. The number of piperidine rings is 1. The number of hydrogen-bond donors (Lipinski definition) is 2. The van der Waals surface area contributed by atoms with Crippen LogP contribution < -0.4 is 16.4 Å². The van der Waals surface area contributed by atoms with Crippen molar-refractivity contribution in [3.8, 4) is 0 Å². The summed E-state index contributed by atoms with van der Waals surface area (Å²) in [5.74, 6) is 0. The van der Waals surface area contributed by atoms with Gasteiger partial charge in [0, 0.05) is 31.4 Å². The second-order valence-corrected chi connectivity index (χ2v) is 4.48. The Bertz CT molecular complexity index is 314. The Morgan fingerprint density at radius 3 is 2.25 bits per heavy atom. The first-order chi connectivity index (χ1) is 7.81. The van der Waals surface area contributed by atoms with Crippen molar-refractivity contribution < 1.29 is 0 Å². The molecule has 1 fully saturated rings. The average molecular weight is 219 g/mol. The fraction of sp³-hybridized carbons (Fsp3) is 0.538. The van der Waals surface area contributed by atoms with Gasteiger partial charge in [0.2, 0.25) is 0 Å². The molecule has 1 aliphatic rings. The lowest BCUT2D eigenvalue weighted by molar-refractivity contribution is 0.577. The normalized spacial score (nSPS) is 18.5. The maximum Gasteiger partial charge on any atom is 0.0419 e. The molecule has 0 aromatic heterocycles. The zero-order chi connectivity index (χ0) is 11.4. The smallest absolute Gasteiger partial charge is 0.0419 e. The number of hydrogen-bond acceptors (Lipinski definition) is 3. The van der Waals surface area contributed by atoms with Gasteiger partial charge in [-0.15, -0.1) is 0 Å². The van der Waals surface area contributed by atoms with E-state index in [4.69, 9.17) is 11.5 Å². The minimum Gasteiger partial charge on any atom is -0.372 e. The fourth-order valence-corrected chi connectivity index (χ4v) is 2.22. The van der Waals surface area contributed by atoms with Gasteiger partial charge in [0.05, 0.1) is 0 Å². The van der Waals surface area contributed by atoms with Gasteiger partial charge < -0.3 is 16.4 Å². The highest BCUT2D eigenvalue weighted by atomic mass is 15.1. The molecular formula is C13H21N3. The lowest BCUT2D eigenvalue weighted by Gasteiger charge is -2.29. The molecule has 0 saturated carbocycles. The molecule has 1 atom stereocenters. The first-order valence-electron chi connectivity index (χ1n) is 6.12. The van der Waals surface area contributed by atoms with Gasteiger partial charge in [-0.2, -0.15) is 0 Å². The Labute approximate surface area is 97.4 Å². The predicted molar refractivity (Wildman–Crippen MR) is 68.5 cm³/mol. The van der Waals surface area contributed by atoms with Gasteiger partial charge in [-0.25, -0.2) is 0 Å². The van der Waals surface area contributed by atoms with Crippen LogP contribution in [0.2, 0.25) is 0 Å². The van der Waals surface area contributed by atoms with E-state index in [1.807, 2.05) is 0 Å². The molecule has 0 aliphatic carbocycles. The molecule has 1 saturated heterocycles.